The van der Waals surface area contributed by atoms with Crippen LogP contribution >= 0.6 is 11.3 Å². The van der Waals surface area contributed by atoms with Gasteiger partial charge in [0, 0.05) is 31.8 Å². The van der Waals surface area contributed by atoms with Gasteiger partial charge in [0.2, 0.25) is 5.91 Å². The number of rotatable bonds is 4. The maximum absolute atomic E-state index is 12.8. The van der Waals surface area contributed by atoms with Gasteiger partial charge >= 0.3 is 0 Å². The summed E-state index contributed by atoms with van der Waals surface area (Å²) in [4.78, 5) is 35.5. The van der Waals surface area contributed by atoms with Gasteiger partial charge in [-0.25, -0.2) is 9.97 Å². The summed E-state index contributed by atoms with van der Waals surface area (Å²) in [6.45, 7) is 4.43. The molecular weight excluding hydrogens is 324 g/mol. The first-order valence-electron chi connectivity index (χ1n) is 7.97. The lowest BCUT2D eigenvalue weighted by molar-refractivity contribution is -0.119. The highest BCUT2D eigenvalue weighted by atomic mass is 32.1. The molecule has 3 heterocycles. The highest BCUT2D eigenvalue weighted by Gasteiger charge is 2.33. The highest BCUT2D eigenvalue weighted by Crippen LogP contribution is 2.34. The van der Waals surface area contributed by atoms with Crippen LogP contribution in [0.25, 0.3) is 0 Å². The summed E-state index contributed by atoms with van der Waals surface area (Å²) >= 11 is 1.46. The number of amides is 2. The largest absolute Gasteiger partial charge is 0.352 e. The van der Waals surface area contributed by atoms with Crippen molar-refractivity contribution in [2.45, 2.75) is 39.3 Å². The monoisotopic (exact) mass is 344 g/mol. The fraction of sp³-hybridized carbons (Fsp3) is 0.412. The first-order valence-corrected chi connectivity index (χ1v) is 8.85. The summed E-state index contributed by atoms with van der Waals surface area (Å²) in [5, 5.41) is 4.71. The number of hydrogen-bond acceptors (Lipinski definition) is 5. The zero-order valence-corrected chi connectivity index (χ0v) is 14.6. The van der Waals surface area contributed by atoms with Crippen LogP contribution < -0.4 is 5.32 Å². The molecule has 2 amide bonds. The molecule has 0 saturated carbocycles. The molecule has 3 rings (SSSR count). The van der Waals surface area contributed by atoms with Crippen LogP contribution in [-0.4, -0.2) is 33.2 Å². The van der Waals surface area contributed by atoms with Gasteiger partial charge in [0.15, 0.2) is 0 Å². The van der Waals surface area contributed by atoms with Crippen molar-refractivity contribution >= 4 is 23.2 Å². The van der Waals surface area contributed by atoms with E-state index in [0.717, 1.165) is 35.5 Å². The summed E-state index contributed by atoms with van der Waals surface area (Å²) < 4.78 is 0. The van der Waals surface area contributed by atoms with Gasteiger partial charge in [-0.1, -0.05) is 6.07 Å². The van der Waals surface area contributed by atoms with Gasteiger partial charge in [-0.2, -0.15) is 0 Å². The Morgan fingerprint density at radius 1 is 1.46 bits per heavy atom. The third-order valence-electron chi connectivity index (χ3n) is 4.11. The minimum Gasteiger partial charge on any atom is -0.352 e. The van der Waals surface area contributed by atoms with Crippen LogP contribution in [0.3, 0.4) is 0 Å². The Morgan fingerprint density at radius 2 is 2.29 bits per heavy atom. The highest BCUT2D eigenvalue weighted by molar-refractivity contribution is 7.12. The van der Waals surface area contributed by atoms with Crippen molar-refractivity contribution < 1.29 is 9.59 Å². The number of carbonyl (C=O) groups is 2. The molecule has 7 heteroatoms. The van der Waals surface area contributed by atoms with E-state index in [4.69, 9.17) is 0 Å². The van der Waals surface area contributed by atoms with E-state index in [1.54, 1.807) is 6.20 Å². The van der Waals surface area contributed by atoms with Crippen LogP contribution in [0.1, 0.15) is 52.6 Å². The normalized spacial score (nSPS) is 17.1. The van der Waals surface area contributed by atoms with Crippen molar-refractivity contribution in [3.05, 3.63) is 45.7 Å². The fourth-order valence-electron chi connectivity index (χ4n) is 2.99. The molecule has 2 aromatic rings. The Bertz CT molecular complexity index is 745. The first kappa shape index (κ1) is 16.6. The Labute approximate surface area is 144 Å². The topological polar surface area (TPSA) is 75.2 Å². The van der Waals surface area contributed by atoms with Crippen LogP contribution in [0.5, 0.6) is 0 Å². The number of hydrogen-bond donors (Lipinski definition) is 1. The van der Waals surface area contributed by atoms with E-state index in [1.165, 1.54) is 18.3 Å². The quantitative estimate of drug-likeness (QED) is 0.924. The Hall–Kier alpha value is -2.28. The second kappa shape index (κ2) is 7.09. The van der Waals surface area contributed by atoms with E-state index < -0.39 is 0 Å². The third kappa shape index (κ3) is 3.46. The molecular formula is C17H20N4O2S. The molecule has 1 atom stereocenters. The Morgan fingerprint density at radius 3 is 3.00 bits per heavy atom. The molecule has 1 N–H and O–H groups in total. The van der Waals surface area contributed by atoms with Gasteiger partial charge in [0.25, 0.3) is 5.91 Å². The van der Waals surface area contributed by atoms with Gasteiger partial charge in [-0.3, -0.25) is 9.59 Å². The molecule has 1 saturated heterocycles. The lowest BCUT2D eigenvalue weighted by Gasteiger charge is -2.25. The molecule has 126 valence electrons. The number of aryl methyl sites for hydroxylation is 1. The molecule has 0 unspecified atom stereocenters. The van der Waals surface area contributed by atoms with Gasteiger partial charge in [-0.05, 0) is 31.2 Å². The fourth-order valence-corrected chi connectivity index (χ4v) is 3.67. The van der Waals surface area contributed by atoms with E-state index in [9.17, 15) is 9.59 Å². The molecule has 24 heavy (non-hydrogen) atoms. The van der Waals surface area contributed by atoms with Crippen molar-refractivity contribution in [3.63, 3.8) is 0 Å². The minimum absolute atomic E-state index is 0.0502. The summed E-state index contributed by atoms with van der Waals surface area (Å²) in [6, 6.07) is 3.68. The van der Waals surface area contributed by atoms with Crippen LogP contribution in [-0.2, 0) is 11.3 Å². The van der Waals surface area contributed by atoms with Crippen molar-refractivity contribution in [1.82, 2.24) is 20.2 Å². The Balaban J connectivity index is 1.90. The standard InChI is InChI=1S/C17H20N4O2S/c1-11-18-9-13(10-19-12(2)22)16(20-11)14-5-3-7-21(14)17(23)15-6-4-8-24-15/h4,6,8-9,14H,3,5,7,10H2,1-2H3,(H,19,22)/t14-/m0/s1. The lowest BCUT2D eigenvalue weighted by atomic mass is 10.1. The van der Waals surface area contributed by atoms with E-state index in [0.29, 0.717) is 12.4 Å². The van der Waals surface area contributed by atoms with E-state index in [2.05, 4.69) is 15.3 Å². The molecule has 0 spiro atoms. The van der Waals surface area contributed by atoms with E-state index in [-0.39, 0.29) is 17.9 Å². The minimum atomic E-state index is -0.0977. The van der Waals surface area contributed by atoms with Crippen LogP contribution in [0.4, 0.5) is 0 Å². The number of aromatic nitrogens is 2. The zero-order chi connectivity index (χ0) is 17.1. The molecule has 0 bridgehead atoms. The lowest BCUT2D eigenvalue weighted by Crippen LogP contribution is -2.32. The number of carbonyl (C=O) groups excluding carboxylic acids is 2. The molecule has 1 aliphatic rings. The molecule has 2 aromatic heterocycles. The van der Waals surface area contributed by atoms with Gasteiger partial charge in [-0.15, -0.1) is 11.3 Å². The van der Waals surface area contributed by atoms with Gasteiger partial charge in [0.05, 0.1) is 16.6 Å². The molecule has 0 aliphatic carbocycles. The number of likely N-dealkylation sites (tertiary alicyclic amines) is 1. The van der Waals surface area contributed by atoms with Gasteiger partial charge < -0.3 is 10.2 Å². The van der Waals surface area contributed by atoms with E-state index in [1.807, 2.05) is 29.3 Å². The second-order valence-electron chi connectivity index (χ2n) is 5.87. The number of thiophene rings is 1. The molecule has 1 fully saturated rings. The maximum Gasteiger partial charge on any atom is 0.264 e. The average Bonchev–Trinajstić information content (AvgIpc) is 3.24. The summed E-state index contributed by atoms with van der Waals surface area (Å²) in [6.07, 6.45) is 3.57. The second-order valence-corrected chi connectivity index (χ2v) is 6.82. The third-order valence-corrected chi connectivity index (χ3v) is 4.97. The maximum atomic E-state index is 12.8. The van der Waals surface area contributed by atoms with Crippen molar-refractivity contribution in [2.75, 3.05) is 6.54 Å². The SMILES string of the molecule is CC(=O)NCc1cnc(C)nc1[C@@H]1CCCN1C(=O)c1cccs1. The predicted octanol–water partition coefficient (Wildman–Crippen LogP) is 2.46. The smallest absolute Gasteiger partial charge is 0.264 e. The van der Waals surface area contributed by atoms with Crippen LogP contribution in [0.15, 0.2) is 23.7 Å². The molecule has 6 nitrogen and oxygen atoms in total. The van der Waals surface area contributed by atoms with E-state index >= 15 is 0 Å². The summed E-state index contributed by atoms with van der Waals surface area (Å²) in [5.41, 5.74) is 1.71. The summed E-state index contributed by atoms with van der Waals surface area (Å²) in [7, 11) is 0. The molecule has 1 aliphatic heterocycles. The number of nitrogens with zero attached hydrogens (tertiary/aromatic N) is 3. The predicted molar refractivity (Wildman–Crippen MR) is 91.6 cm³/mol. The molecule has 0 aromatic carbocycles. The number of nitrogens with one attached hydrogen (secondary N) is 1. The summed E-state index contributed by atoms with van der Waals surface area (Å²) in [5.74, 6) is 0.626. The zero-order valence-electron chi connectivity index (χ0n) is 13.8. The Kier molecular flexibility index (Phi) is 4.89. The van der Waals surface area contributed by atoms with Crippen molar-refractivity contribution in [1.29, 1.82) is 0 Å². The molecule has 0 radical (unpaired) electrons. The average molecular weight is 344 g/mol. The van der Waals surface area contributed by atoms with Crippen LogP contribution in [0.2, 0.25) is 0 Å². The van der Waals surface area contributed by atoms with Crippen LogP contribution in [0, 0.1) is 6.92 Å². The van der Waals surface area contributed by atoms with Crippen molar-refractivity contribution in [2.24, 2.45) is 0 Å². The first-order chi connectivity index (χ1) is 11.6. The van der Waals surface area contributed by atoms with Crippen molar-refractivity contribution in [3.8, 4) is 0 Å². The van der Waals surface area contributed by atoms with Gasteiger partial charge in [0.1, 0.15) is 5.82 Å².